The summed E-state index contributed by atoms with van der Waals surface area (Å²) >= 11 is 0. The maximum Gasteiger partial charge on any atom is 0.260 e. The van der Waals surface area contributed by atoms with Gasteiger partial charge in [-0.05, 0) is 32.4 Å². The molecule has 1 aromatic carbocycles. The molecule has 130 valence electrons. The van der Waals surface area contributed by atoms with Crippen LogP contribution in [0.25, 0.3) is 21.8 Å². The first-order valence-electron chi connectivity index (χ1n) is 8.32. The lowest BCUT2D eigenvalue weighted by molar-refractivity contribution is 0.0924. The Morgan fingerprint density at radius 1 is 1.36 bits per heavy atom. The fourth-order valence-corrected chi connectivity index (χ4v) is 2.88. The molecular weight excluding hydrogens is 318 g/mol. The van der Waals surface area contributed by atoms with Crippen molar-refractivity contribution in [3.63, 3.8) is 0 Å². The molecular formula is C19H21N3O3. The molecule has 0 saturated heterocycles. The minimum atomic E-state index is -0.650. The maximum atomic E-state index is 12.7. The summed E-state index contributed by atoms with van der Waals surface area (Å²) in [5, 5.41) is 13.4. The fourth-order valence-electron chi connectivity index (χ4n) is 2.88. The summed E-state index contributed by atoms with van der Waals surface area (Å²) in [5.41, 5.74) is 2.31. The van der Waals surface area contributed by atoms with Crippen LogP contribution in [0.1, 0.15) is 29.8 Å². The molecule has 1 unspecified atom stereocenters. The predicted molar refractivity (Wildman–Crippen MR) is 97.9 cm³/mol. The van der Waals surface area contributed by atoms with E-state index in [0.29, 0.717) is 23.0 Å². The van der Waals surface area contributed by atoms with Gasteiger partial charge < -0.3 is 15.0 Å². The molecule has 0 radical (unpaired) electrons. The molecule has 6 heteroatoms. The van der Waals surface area contributed by atoms with Crippen LogP contribution in [-0.4, -0.2) is 33.2 Å². The van der Waals surface area contributed by atoms with Gasteiger partial charge in [0.15, 0.2) is 0 Å². The zero-order chi connectivity index (χ0) is 18.1. The first kappa shape index (κ1) is 17.1. The summed E-state index contributed by atoms with van der Waals surface area (Å²) in [5.74, 6) is -0.353. The van der Waals surface area contributed by atoms with Crippen LogP contribution in [0.15, 0.2) is 35.3 Å². The van der Waals surface area contributed by atoms with Crippen molar-refractivity contribution in [1.29, 1.82) is 0 Å². The molecule has 0 fully saturated rings. The molecule has 1 amide bonds. The average molecular weight is 339 g/mol. The van der Waals surface area contributed by atoms with E-state index in [-0.39, 0.29) is 18.0 Å². The van der Waals surface area contributed by atoms with Crippen molar-refractivity contribution in [3.05, 3.63) is 51.9 Å². The molecule has 3 rings (SSSR count). The van der Waals surface area contributed by atoms with Gasteiger partial charge in [-0.15, -0.1) is 0 Å². The third-order valence-corrected chi connectivity index (χ3v) is 4.22. The molecule has 2 aromatic heterocycles. The van der Waals surface area contributed by atoms with E-state index in [1.165, 1.54) is 4.57 Å². The monoisotopic (exact) mass is 339 g/mol. The van der Waals surface area contributed by atoms with E-state index in [1.807, 2.05) is 32.0 Å². The van der Waals surface area contributed by atoms with Gasteiger partial charge in [0.1, 0.15) is 0 Å². The molecule has 6 nitrogen and oxygen atoms in total. The van der Waals surface area contributed by atoms with Crippen LogP contribution in [0.4, 0.5) is 0 Å². The molecule has 0 bridgehead atoms. The molecule has 0 spiro atoms. The van der Waals surface area contributed by atoms with Gasteiger partial charge in [0, 0.05) is 24.7 Å². The maximum absolute atomic E-state index is 12.7. The Morgan fingerprint density at radius 2 is 2.12 bits per heavy atom. The number of hydrogen-bond donors (Lipinski definition) is 2. The van der Waals surface area contributed by atoms with Crippen LogP contribution in [0.5, 0.6) is 0 Å². The van der Waals surface area contributed by atoms with Gasteiger partial charge in [-0.2, -0.15) is 0 Å². The Balaban J connectivity index is 2.31. The van der Waals surface area contributed by atoms with Crippen molar-refractivity contribution in [2.75, 3.05) is 6.54 Å². The number of hydrogen-bond acceptors (Lipinski definition) is 4. The standard InChI is InChI=1S/C19H21N3O3/c1-4-22-10-15(18(24)20-9-12(3)23)17-14(19(22)25)8-13-7-5-6-11(2)16(13)21-17/h5-8,10,12,23H,4,9H2,1-3H3,(H,20,24). The number of pyridine rings is 2. The number of nitrogens with zero attached hydrogens (tertiary/aromatic N) is 2. The Labute approximate surface area is 145 Å². The number of aliphatic hydroxyl groups excluding tert-OH is 1. The average Bonchev–Trinajstić information content (AvgIpc) is 2.59. The summed E-state index contributed by atoms with van der Waals surface area (Å²) in [6, 6.07) is 7.57. The largest absolute Gasteiger partial charge is 0.392 e. The Morgan fingerprint density at radius 3 is 2.80 bits per heavy atom. The highest BCUT2D eigenvalue weighted by molar-refractivity contribution is 6.07. The zero-order valence-corrected chi connectivity index (χ0v) is 14.5. The molecule has 0 aliphatic carbocycles. The smallest absolute Gasteiger partial charge is 0.260 e. The number of carbonyl (C=O) groups excluding carboxylic acids is 1. The first-order chi connectivity index (χ1) is 11.9. The highest BCUT2D eigenvalue weighted by Gasteiger charge is 2.17. The second kappa shape index (κ2) is 6.64. The lowest BCUT2D eigenvalue weighted by Gasteiger charge is -2.13. The molecule has 0 aliphatic heterocycles. The minimum Gasteiger partial charge on any atom is -0.392 e. The van der Waals surface area contributed by atoms with Gasteiger partial charge in [0.25, 0.3) is 11.5 Å². The van der Waals surface area contributed by atoms with E-state index >= 15 is 0 Å². The van der Waals surface area contributed by atoms with Crippen molar-refractivity contribution in [1.82, 2.24) is 14.9 Å². The van der Waals surface area contributed by atoms with Crippen LogP contribution in [-0.2, 0) is 6.54 Å². The SMILES string of the molecule is CCn1cc(C(=O)NCC(C)O)c2nc3c(C)cccc3cc2c1=O. The quantitative estimate of drug-likeness (QED) is 0.712. The summed E-state index contributed by atoms with van der Waals surface area (Å²) < 4.78 is 1.50. The van der Waals surface area contributed by atoms with E-state index in [4.69, 9.17) is 0 Å². The minimum absolute atomic E-state index is 0.137. The number of benzene rings is 1. The summed E-state index contributed by atoms with van der Waals surface area (Å²) in [6.45, 7) is 5.99. The lowest BCUT2D eigenvalue weighted by Crippen LogP contribution is -2.32. The van der Waals surface area contributed by atoms with Crippen LogP contribution in [0.3, 0.4) is 0 Å². The predicted octanol–water partition coefficient (Wildman–Crippen LogP) is 1.99. The fraction of sp³-hybridized carbons (Fsp3) is 0.316. The van der Waals surface area contributed by atoms with Crippen molar-refractivity contribution >= 4 is 27.7 Å². The van der Waals surface area contributed by atoms with Crippen molar-refractivity contribution in [2.45, 2.75) is 33.4 Å². The van der Waals surface area contributed by atoms with E-state index in [1.54, 1.807) is 19.2 Å². The topological polar surface area (TPSA) is 84.2 Å². The van der Waals surface area contributed by atoms with Gasteiger partial charge in [-0.25, -0.2) is 4.98 Å². The number of aliphatic hydroxyl groups is 1. The zero-order valence-electron chi connectivity index (χ0n) is 14.5. The third kappa shape index (κ3) is 3.13. The number of carbonyl (C=O) groups is 1. The van der Waals surface area contributed by atoms with Crippen LogP contribution >= 0.6 is 0 Å². The van der Waals surface area contributed by atoms with Crippen LogP contribution in [0.2, 0.25) is 0 Å². The normalized spacial score (nSPS) is 12.5. The Kier molecular flexibility index (Phi) is 4.55. The number of fused-ring (bicyclic) bond motifs is 2. The second-order valence-corrected chi connectivity index (χ2v) is 6.22. The van der Waals surface area contributed by atoms with E-state index < -0.39 is 6.10 Å². The van der Waals surface area contributed by atoms with Crippen molar-refractivity contribution in [3.8, 4) is 0 Å². The van der Waals surface area contributed by atoms with E-state index in [0.717, 1.165) is 16.5 Å². The van der Waals surface area contributed by atoms with Gasteiger partial charge in [-0.3, -0.25) is 9.59 Å². The number of rotatable bonds is 4. The molecule has 1 atom stereocenters. The van der Waals surface area contributed by atoms with Gasteiger partial charge in [-0.1, -0.05) is 18.2 Å². The molecule has 2 heterocycles. The summed E-state index contributed by atoms with van der Waals surface area (Å²) in [6.07, 6.45) is 0.891. The molecule has 2 N–H and O–H groups in total. The highest BCUT2D eigenvalue weighted by Crippen LogP contribution is 2.22. The van der Waals surface area contributed by atoms with E-state index in [9.17, 15) is 14.7 Å². The van der Waals surface area contributed by atoms with Gasteiger partial charge in [0.05, 0.1) is 28.1 Å². The number of aromatic nitrogens is 2. The molecule has 0 saturated carbocycles. The van der Waals surface area contributed by atoms with Crippen LogP contribution < -0.4 is 10.9 Å². The van der Waals surface area contributed by atoms with Crippen molar-refractivity contribution in [2.24, 2.45) is 0 Å². The van der Waals surface area contributed by atoms with Gasteiger partial charge >= 0.3 is 0 Å². The summed E-state index contributed by atoms with van der Waals surface area (Å²) in [7, 11) is 0. The first-order valence-corrected chi connectivity index (χ1v) is 8.32. The van der Waals surface area contributed by atoms with E-state index in [2.05, 4.69) is 10.3 Å². The number of para-hydroxylation sites is 1. The van der Waals surface area contributed by atoms with Crippen LogP contribution in [0, 0.1) is 6.92 Å². The summed E-state index contributed by atoms with van der Waals surface area (Å²) in [4.78, 5) is 29.9. The van der Waals surface area contributed by atoms with Crippen molar-refractivity contribution < 1.29 is 9.90 Å². The number of nitrogens with one attached hydrogen (secondary N) is 1. The highest BCUT2D eigenvalue weighted by atomic mass is 16.3. The van der Waals surface area contributed by atoms with Gasteiger partial charge in [0.2, 0.25) is 0 Å². The third-order valence-electron chi connectivity index (χ3n) is 4.22. The molecule has 25 heavy (non-hydrogen) atoms. The number of aryl methyl sites for hydroxylation is 2. The Bertz CT molecular complexity index is 1020. The second-order valence-electron chi connectivity index (χ2n) is 6.22. The Hall–Kier alpha value is -2.73. The molecule has 3 aromatic rings. The molecule has 0 aliphatic rings. The number of amides is 1. The lowest BCUT2D eigenvalue weighted by atomic mass is 10.1.